The van der Waals surface area contributed by atoms with Crippen LogP contribution >= 0.6 is 11.3 Å². The first kappa shape index (κ1) is 11.7. The number of nitrogens with zero attached hydrogens (tertiary/aromatic N) is 1. The number of nitrogens with two attached hydrogens (primary N) is 1. The largest absolute Gasteiger partial charge is 0.399 e. The van der Waals surface area contributed by atoms with E-state index in [1.807, 2.05) is 24.3 Å². The van der Waals surface area contributed by atoms with Gasteiger partial charge in [-0.05, 0) is 29.7 Å². The first-order chi connectivity index (χ1) is 9.81. The second-order valence-electron chi connectivity index (χ2n) is 5.15. The molecule has 1 aliphatic carbocycles. The molecule has 2 nitrogen and oxygen atoms in total. The van der Waals surface area contributed by atoms with Crippen LogP contribution < -0.4 is 5.73 Å². The summed E-state index contributed by atoms with van der Waals surface area (Å²) >= 11 is 1.75. The number of nitrogen functional groups attached to an aromatic ring is 1. The van der Waals surface area contributed by atoms with Crippen molar-refractivity contribution in [2.24, 2.45) is 0 Å². The molecule has 4 rings (SSSR count). The summed E-state index contributed by atoms with van der Waals surface area (Å²) in [6.45, 7) is 0. The molecule has 0 radical (unpaired) electrons. The molecule has 0 spiro atoms. The third kappa shape index (κ3) is 1.82. The van der Waals surface area contributed by atoms with E-state index in [0.717, 1.165) is 23.4 Å². The zero-order valence-corrected chi connectivity index (χ0v) is 11.7. The summed E-state index contributed by atoms with van der Waals surface area (Å²) < 4.78 is 0. The third-order valence-electron chi connectivity index (χ3n) is 3.88. The Hall–Kier alpha value is -2.13. The molecule has 2 N–H and O–H groups in total. The van der Waals surface area contributed by atoms with Gasteiger partial charge < -0.3 is 5.73 Å². The fraction of sp³-hybridized carbons (Fsp3) is 0.118. The van der Waals surface area contributed by atoms with E-state index < -0.39 is 0 Å². The Morgan fingerprint density at radius 2 is 1.85 bits per heavy atom. The van der Waals surface area contributed by atoms with E-state index in [0.29, 0.717) is 5.92 Å². The van der Waals surface area contributed by atoms with E-state index in [1.165, 1.54) is 16.1 Å². The molecule has 0 saturated carbocycles. The molecule has 2 aromatic carbocycles. The predicted molar refractivity (Wildman–Crippen MR) is 84.0 cm³/mol. The lowest BCUT2D eigenvalue weighted by Crippen LogP contribution is -2.17. The van der Waals surface area contributed by atoms with Gasteiger partial charge in [-0.1, -0.05) is 36.4 Å². The van der Waals surface area contributed by atoms with Crippen molar-refractivity contribution in [2.45, 2.75) is 12.3 Å². The van der Waals surface area contributed by atoms with Crippen molar-refractivity contribution in [3.8, 4) is 11.3 Å². The maximum Gasteiger partial charge on any atom is 0.101 e. The van der Waals surface area contributed by atoms with Crippen molar-refractivity contribution in [1.82, 2.24) is 4.98 Å². The minimum atomic E-state index is 0.485. The molecule has 0 fully saturated rings. The molecule has 3 aromatic rings. The molecule has 98 valence electrons. The van der Waals surface area contributed by atoms with Crippen LogP contribution in [0.25, 0.3) is 11.3 Å². The first-order valence-electron chi connectivity index (χ1n) is 6.70. The van der Waals surface area contributed by atoms with E-state index in [9.17, 15) is 0 Å². The summed E-state index contributed by atoms with van der Waals surface area (Å²) in [6, 6.07) is 16.6. The van der Waals surface area contributed by atoms with Crippen molar-refractivity contribution in [2.75, 3.05) is 5.73 Å². The van der Waals surface area contributed by atoms with Crippen LogP contribution in [-0.4, -0.2) is 4.98 Å². The minimum absolute atomic E-state index is 0.485. The number of hydrogen-bond donors (Lipinski definition) is 1. The zero-order valence-electron chi connectivity index (χ0n) is 10.9. The van der Waals surface area contributed by atoms with Gasteiger partial charge in [-0.2, -0.15) is 0 Å². The third-order valence-corrected chi connectivity index (χ3v) is 4.84. The van der Waals surface area contributed by atoms with Crippen molar-refractivity contribution >= 4 is 17.0 Å². The molecule has 20 heavy (non-hydrogen) atoms. The molecule has 0 amide bonds. The molecular formula is C17H14N2S. The molecular weight excluding hydrogens is 264 g/mol. The van der Waals surface area contributed by atoms with Gasteiger partial charge in [0.05, 0.1) is 5.69 Å². The van der Waals surface area contributed by atoms with Crippen LogP contribution in [-0.2, 0) is 6.42 Å². The van der Waals surface area contributed by atoms with Crippen molar-refractivity contribution in [3.63, 3.8) is 0 Å². The van der Waals surface area contributed by atoms with E-state index in [-0.39, 0.29) is 0 Å². The van der Waals surface area contributed by atoms with Crippen LogP contribution in [0.5, 0.6) is 0 Å². The highest BCUT2D eigenvalue weighted by molar-refractivity contribution is 7.10. The van der Waals surface area contributed by atoms with E-state index in [2.05, 4.69) is 29.6 Å². The number of aromatic nitrogens is 1. The fourth-order valence-electron chi connectivity index (χ4n) is 2.71. The molecule has 0 bridgehead atoms. The van der Waals surface area contributed by atoms with Crippen molar-refractivity contribution in [1.29, 1.82) is 0 Å². The highest BCUT2D eigenvalue weighted by atomic mass is 32.1. The summed E-state index contributed by atoms with van der Waals surface area (Å²) in [6.07, 6.45) is 1.12. The topological polar surface area (TPSA) is 38.9 Å². The van der Waals surface area contributed by atoms with Gasteiger partial charge in [0.1, 0.15) is 5.01 Å². The van der Waals surface area contributed by atoms with Gasteiger partial charge in [-0.3, -0.25) is 0 Å². The second-order valence-corrected chi connectivity index (χ2v) is 6.04. The molecule has 1 unspecified atom stereocenters. The number of hydrogen-bond acceptors (Lipinski definition) is 3. The molecule has 1 aromatic heterocycles. The monoisotopic (exact) mass is 278 g/mol. The molecule has 0 saturated heterocycles. The van der Waals surface area contributed by atoms with Crippen LogP contribution in [0.15, 0.2) is 53.9 Å². The lowest BCUT2D eigenvalue weighted by molar-refractivity contribution is 0.703. The lowest BCUT2D eigenvalue weighted by atomic mass is 9.78. The average Bonchev–Trinajstić information content (AvgIpc) is 2.90. The van der Waals surface area contributed by atoms with Gasteiger partial charge in [0, 0.05) is 22.5 Å². The Morgan fingerprint density at radius 1 is 1.05 bits per heavy atom. The summed E-state index contributed by atoms with van der Waals surface area (Å²) in [5.74, 6) is 0.485. The summed E-state index contributed by atoms with van der Waals surface area (Å²) in [5.41, 5.74) is 11.6. The smallest absolute Gasteiger partial charge is 0.101 e. The number of anilines is 1. The van der Waals surface area contributed by atoms with E-state index in [4.69, 9.17) is 10.7 Å². The maximum atomic E-state index is 5.72. The number of thiazole rings is 1. The number of fused-ring (bicyclic) bond motifs is 1. The van der Waals surface area contributed by atoms with Crippen LogP contribution in [0.2, 0.25) is 0 Å². The average molecular weight is 278 g/mol. The number of benzene rings is 2. The normalized spacial score (nSPS) is 16.5. The van der Waals surface area contributed by atoms with Crippen LogP contribution in [0.4, 0.5) is 5.69 Å². The Bertz CT molecular complexity index is 759. The summed E-state index contributed by atoms with van der Waals surface area (Å²) in [7, 11) is 0. The zero-order chi connectivity index (χ0) is 13.5. The predicted octanol–water partition coefficient (Wildman–Crippen LogP) is 4.08. The highest BCUT2D eigenvalue weighted by Gasteiger charge is 2.29. The molecule has 0 aliphatic heterocycles. The van der Waals surface area contributed by atoms with Gasteiger partial charge in [0.15, 0.2) is 0 Å². The SMILES string of the molecule is Nc1ccc(-c2csc(C3Cc4ccccc43)n2)cc1. The Balaban J connectivity index is 1.65. The highest BCUT2D eigenvalue weighted by Crippen LogP contribution is 2.41. The van der Waals surface area contributed by atoms with Gasteiger partial charge in [-0.25, -0.2) is 4.98 Å². The Labute approximate surface area is 121 Å². The fourth-order valence-corrected chi connectivity index (χ4v) is 3.66. The second kappa shape index (κ2) is 4.46. The van der Waals surface area contributed by atoms with Crippen LogP contribution in [0.1, 0.15) is 22.1 Å². The van der Waals surface area contributed by atoms with Gasteiger partial charge >= 0.3 is 0 Å². The van der Waals surface area contributed by atoms with Crippen LogP contribution in [0.3, 0.4) is 0 Å². The van der Waals surface area contributed by atoms with Crippen molar-refractivity contribution < 1.29 is 0 Å². The van der Waals surface area contributed by atoms with E-state index in [1.54, 1.807) is 11.3 Å². The van der Waals surface area contributed by atoms with Crippen LogP contribution in [0, 0.1) is 0 Å². The Kier molecular flexibility index (Phi) is 2.60. The lowest BCUT2D eigenvalue weighted by Gasteiger charge is -2.28. The molecule has 1 aliphatic rings. The molecule has 1 heterocycles. The van der Waals surface area contributed by atoms with E-state index >= 15 is 0 Å². The van der Waals surface area contributed by atoms with Gasteiger partial charge in [0.25, 0.3) is 0 Å². The van der Waals surface area contributed by atoms with Gasteiger partial charge in [0.2, 0.25) is 0 Å². The molecule has 3 heteroatoms. The molecule has 1 atom stereocenters. The number of rotatable bonds is 2. The van der Waals surface area contributed by atoms with Crippen molar-refractivity contribution in [3.05, 3.63) is 70.0 Å². The maximum absolute atomic E-state index is 5.72. The Morgan fingerprint density at radius 3 is 2.65 bits per heavy atom. The summed E-state index contributed by atoms with van der Waals surface area (Å²) in [4.78, 5) is 4.81. The van der Waals surface area contributed by atoms with Gasteiger partial charge in [-0.15, -0.1) is 11.3 Å². The summed E-state index contributed by atoms with van der Waals surface area (Å²) in [5, 5.41) is 3.36. The first-order valence-corrected chi connectivity index (χ1v) is 7.58. The standard InChI is InChI=1S/C17H14N2S/c18-13-7-5-11(6-8-13)16-10-20-17(19-16)15-9-12-3-1-2-4-14(12)15/h1-8,10,15H,9,18H2. The quantitative estimate of drug-likeness (QED) is 0.717. The minimum Gasteiger partial charge on any atom is -0.399 e.